The monoisotopic (exact) mass is 358 g/mol. The zero-order chi connectivity index (χ0) is 18.4. The van der Waals surface area contributed by atoms with Crippen LogP contribution in [0.1, 0.15) is 74.6 Å². The van der Waals surface area contributed by atoms with Gasteiger partial charge in [0.05, 0.1) is 17.9 Å². The maximum atomic E-state index is 13.0. The lowest BCUT2D eigenvalue weighted by Crippen LogP contribution is -2.41. The Hall–Kier alpha value is -2.31. The van der Waals surface area contributed by atoms with Crippen molar-refractivity contribution in [3.8, 4) is 0 Å². The SMILES string of the molecule is O=C(c1ccc([N+](=O)[O-])nc1)N(C=NC1CCCCC1)C1CCCCC1. The number of aromatic nitrogens is 1. The van der Waals surface area contributed by atoms with Gasteiger partial charge in [0.2, 0.25) is 0 Å². The maximum Gasteiger partial charge on any atom is 0.363 e. The standard InChI is InChI=1S/C19H26N4O3/c24-19(15-11-12-18(20-13-15)23(25)26)22(17-9-5-2-6-10-17)14-21-16-7-3-1-4-8-16/h11-14,16-17H,1-10H2. The summed E-state index contributed by atoms with van der Waals surface area (Å²) in [7, 11) is 0. The van der Waals surface area contributed by atoms with Crippen LogP contribution in [0.4, 0.5) is 5.82 Å². The molecule has 7 nitrogen and oxygen atoms in total. The fraction of sp³-hybridized carbons (Fsp3) is 0.632. The van der Waals surface area contributed by atoms with E-state index < -0.39 is 4.92 Å². The molecule has 0 atom stereocenters. The Morgan fingerprint density at radius 2 is 1.77 bits per heavy atom. The lowest BCUT2D eigenvalue weighted by Gasteiger charge is -2.31. The number of amides is 1. The Balaban J connectivity index is 1.77. The van der Waals surface area contributed by atoms with E-state index in [4.69, 9.17) is 4.99 Å². The van der Waals surface area contributed by atoms with Crippen molar-refractivity contribution in [2.24, 2.45) is 4.99 Å². The second kappa shape index (κ2) is 8.87. The summed E-state index contributed by atoms with van der Waals surface area (Å²) < 4.78 is 0. The van der Waals surface area contributed by atoms with Gasteiger partial charge in [-0.15, -0.1) is 0 Å². The Labute approximate surface area is 153 Å². The predicted molar refractivity (Wildman–Crippen MR) is 99.3 cm³/mol. The van der Waals surface area contributed by atoms with Crippen molar-refractivity contribution in [1.82, 2.24) is 9.88 Å². The molecular formula is C19H26N4O3. The molecule has 2 aliphatic carbocycles. The van der Waals surface area contributed by atoms with Crippen molar-refractivity contribution in [1.29, 1.82) is 0 Å². The highest BCUT2D eigenvalue weighted by atomic mass is 16.6. The van der Waals surface area contributed by atoms with Gasteiger partial charge in [-0.25, -0.2) is 0 Å². The van der Waals surface area contributed by atoms with Gasteiger partial charge in [-0.2, -0.15) is 0 Å². The van der Waals surface area contributed by atoms with Gasteiger partial charge in [0, 0.05) is 12.1 Å². The average Bonchev–Trinajstić information content (AvgIpc) is 2.69. The third-order valence-corrected chi connectivity index (χ3v) is 5.36. The van der Waals surface area contributed by atoms with Crippen LogP contribution in [-0.4, -0.2) is 39.1 Å². The average molecular weight is 358 g/mol. The lowest BCUT2D eigenvalue weighted by molar-refractivity contribution is -0.389. The minimum Gasteiger partial charge on any atom is -0.358 e. The third-order valence-electron chi connectivity index (χ3n) is 5.36. The first-order valence-corrected chi connectivity index (χ1v) is 9.61. The van der Waals surface area contributed by atoms with Gasteiger partial charge in [-0.1, -0.05) is 38.5 Å². The predicted octanol–water partition coefficient (Wildman–Crippen LogP) is 4.13. The normalized spacial score (nSPS) is 19.5. The molecule has 2 aliphatic rings. The van der Waals surface area contributed by atoms with Crippen molar-refractivity contribution in [2.75, 3.05) is 0 Å². The van der Waals surface area contributed by atoms with Crippen LogP contribution in [0.15, 0.2) is 23.3 Å². The molecule has 140 valence electrons. The van der Waals surface area contributed by atoms with Gasteiger partial charge < -0.3 is 10.1 Å². The van der Waals surface area contributed by atoms with Crippen molar-refractivity contribution >= 4 is 18.1 Å². The van der Waals surface area contributed by atoms with E-state index in [0.717, 1.165) is 38.5 Å². The number of pyridine rings is 1. The first-order valence-electron chi connectivity index (χ1n) is 9.61. The largest absolute Gasteiger partial charge is 0.363 e. The minimum atomic E-state index is -0.558. The molecular weight excluding hydrogens is 332 g/mol. The van der Waals surface area contributed by atoms with Crippen LogP contribution in [0.3, 0.4) is 0 Å². The van der Waals surface area contributed by atoms with E-state index in [1.54, 1.807) is 11.2 Å². The zero-order valence-electron chi connectivity index (χ0n) is 15.0. The van der Waals surface area contributed by atoms with E-state index in [-0.39, 0.29) is 17.8 Å². The van der Waals surface area contributed by atoms with Crippen LogP contribution in [-0.2, 0) is 0 Å². The summed E-state index contributed by atoms with van der Waals surface area (Å²) in [6, 6.07) is 3.22. The number of rotatable bonds is 5. The molecule has 3 rings (SSSR count). The molecule has 0 saturated heterocycles. The molecule has 0 radical (unpaired) electrons. The van der Waals surface area contributed by atoms with Crippen LogP contribution < -0.4 is 0 Å². The number of carbonyl (C=O) groups excluding carboxylic acids is 1. The van der Waals surface area contributed by atoms with Gasteiger partial charge >= 0.3 is 5.82 Å². The highest BCUT2D eigenvalue weighted by Crippen LogP contribution is 2.25. The Kier molecular flexibility index (Phi) is 6.30. The Bertz CT molecular complexity index is 647. The number of hydrogen-bond donors (Lipinski definition) is 0. The minimum absolute atomic E-state index is 0.152. The number of nitro groups is 1. The summed E-state index contributed by atoms with van der Waals surface area (Å²) in [4.78, 5) is 33.5. The summed E-state index contributed by atoms with van der Waals surface area (Å²) in [5, 5.41) is 10.8. The second-order valence-corrected chi connectivity index (χ2v) is 7.22. The fourth-order valence-corrected chi connectivity index (χ4v) is 3.84. The van der Waals surface area contributed by atoms with Crippen molar-refractivity contribution in [2.45, 2.75) is 76.3 Å². The maximum absolute atomic E-state index is 13.0. The van der Waals surface area contributed by atoms with E-state index in [2.05, 4.69) is 4.98 Å². The van der Waals surface area contributed by atoms with Gasteiger partial charge in [0.1, 0.15) is 0 Å². The number of nitrogens with zero attached hydrogens (tertiary/aromatic N) is 4. The van der Waals surface area contributed by atoms with E-state index >= 15 is 0 Å². The molecule has 1 amide bonds. The summed E-state index contributed by atoms with van der Waals surface area (Å²) in [5.41, 5.74) is 0.372. The topological polar surface area (TPSA) is 88.7 Å². The highest BCUT2D eigenvalue weighted by Gasteiger charge is 2.27. The molecule has 2 fully saturated rings. The smallest absolute Gasteiger partial charge is 0.358 e. The van der Waals surface area contributed by atoms with Crippen LogP contribution in [0.5, 0.6) is 0 Å². The third kappa shape index (κ3) is 4.65. The molecule has 0 unspecified atom stereocenters. The van der Waals surface area contributed by atoms with Gasteiger partial charge in [-0.05, 0) is 41.7 Å². The first kappa shape index (κ1) is 18.5. The molecule has 0 bridgehead atoms. The summed E-state index contributed by atoms with van der Waals surface area (Å²) >= 11 is 0. The van der Waals surface area contributed by atoms with Crippen LogP contribution in [0, 0.1) is 10.1 Å². The second-order valence-electron chi connectivity index (χ2n) is 7.22. The van der Waals surface area contributed by atoms with E-state index in [9.17, 15) is 14.9 Å². The van der Waals surface area contributed by atoms with Crippen molar-refractivity contribution in [3.63, 3.8) is 0 Å². The fourth-order valence-electron chi connectivity index (χ4n) is 3.84. The van der Waals surface area contributed by atoms with Gasteiger partial charge in [-0.3, -0.25) is 14.7 Å². The number of hydrogen-bond acceptors (Lipinski definition) is 5. The summed E-state index contributed by atoms with van der Waals surface area (Å²) in [6.07, 6.45) is 14.3. The molecule has 26 heavy (non-hydrogen) atoms. The molecule has 7 heteroatoms. The van der Waals surface area contributed by atoms with E-state index in [0.29, 0.717) is 11.6 Å². The van der Waals surface area contributed by atoms with Gasteiger partial charge in [0.15, 0.2) is 6.20 Å². The molecule has 0 aliphatic heterocycles. The van der Waals surface area contributed by atoms with Gasteiger partial charge in [0.25, 0.3) is 5.91 Å². The first-order chi connectivity index (χ1) is 12.6. The van der Waals surface area contributed by atoms with Crippen molar-refractivity contribution < 1.29 is 9.72 Å². The molecule has 2 saturated carbocycles. The number of carbonyl (C=O) groups is 1. The van der Waals surface area contributed by atoms with Crippen molar-refractivity contribution in [3.05, 3.63) is 34.0 Å². The summed E-state index contributed by atoms with van der Waals surface area (Å²) in [6.45, 7) is 0. The van der Waals surface area contributed by atoms with Crippen LogP contribution in [0.25, 0.3) is 0 Å². The zero-order valence-corrected chi connectivity index (χ0v) is 15.0. The molecule has 0 spiro atoms. The Morgan fingerprint density at radius 1 is 1.12 bits per heavy atom. The van der Waals surface area contributed by atoms with Crippen LogP contribution in [0.2, 0.25) is 0 Å². The molecule has 1 heterocycles. The molecule has 1 aromatic heterocycles. The molecule has 0 aromatic carbocycles. The summed E-state index contributed by atoms with van der Waals surface area (Å²) in [5.74, 6) is -0.416. The quantitative estimate of drug-likeness (QED) is 0.343. The Morgan fingerprint density at radius 3 is 2.35 bits per heavy atom. The number of aliphatic imine (C=N–C) groups is 1. The highest BCUT2D eigenvalue weighted by molar-refractivity contribution is 6.00. The lowest BCUT2D eigenvalue weighted by atomic mass is 9.94. The van der Waals surface area contributed by atoms with Crippen LogP contribution >= 0.6 is 0 Å². The molecule has 0 N–H and O–H groups in total. The van der Waals surface area contributed by atoms with E-state index in [1.807, 2.05) is 0 Å². The van der Waals surface area contributed by atoms with E-state index in [1.165, 1.54) is 44.0 Å². The molecule has 1 aromatic rings.